The second kappa shape index (κ2) is 6.38. The van der Waals surface area contributed by atoms with Crippen LogP contribution in [0, 0.1) is 0 Å². The number of ether oxygens (including phenoxy) is 1. The Balaban J connectivity index is 1.74. The Morgan fingerprint density at radius 3 is 2.55 bits per heavy atom. The predicted octanol–water partition coefficient (Wildman–Crippen LogP) is 3.39. The lowest BCUT2D eigenvalue weighted by Crippen LogP contribution is -2.46. The van der Waals surface area contributed by atoms with Gasteiger partial charge < -0.3 is 14.7 Å². The summed E-state index contributed by atoms with van der Waals surface area (Å²) < 4.78 is 5.40. The van der Waals surface area contributed by atoms with Crippen LogP contribution in [0.2, 0.25) is 5.02 Å². The van der Waals surface area contributed by atoms with Gasteiger partial charge in [-0.25, -0.2) is 4.79 Å². The maximum absolute atomic E-state index is 12.2. The lowest BCUT2D eigenvalue weighted by molar-refractivity contribution is -0.0620. The van der Waals surface area contributed by atoms with E-state index in [0.29, 0.717) is 17.1 Å². The van der Waals surface area contributed by atoms with Crippen molar-refractivity contribution in [3.8, 4) is 0 Å². The summed E-state index contributed by atoms with van der Waals surface area (Å²) in [6.07, 6.45) is -1.99. The first kappa shape index (κ1) is 14.9. The van der Waals surface area contributed by atoms with Crippen molar-refractivity contribution >= 4 is 17.7 Å². The van der Waals surface area contributed by atoms with Crippen LogP contribution in [0.1, 0.15) is 17.2 Å². The molecule has 1 amide bonds. The van der Waals surface area contributed by atoms with Crippen LogP contribution in [-0.4, -0.2) is 28.7 Å². The summed E-state index contributed by atoms with van der Waals surface area (Å²) in [5.41, 5.74) is 1.62. The zero-order valence-corrected chi connectivity index (χ0v) is 12.6. The second-order valence-electron chi connectivity index (χ2n) is 5.26. The highest BCUT2D eigenvalue weighted by atomic mass is 35.5. The Bertz CT molecular complexity index is 662. The molecule has 1 heterocycles. The topological polar surface area (TPSA) is 49.8 Å². The van der Waals surface area contributed by atoms with Gasteiger partial charge in [0.25, 0.3) is 0 Å². The predicted molar refractivity (Wildman–Crippen MR) is 83.5 cm³/mol. The van der Waals surface area contributed by atoms with Gasteiger partial charge in [-0.15, -0.1) is 0 Å². The minimum Gasteiger partial charge on any atom is -0.438 e. The number of carbonyl (C=O) groups is 1. The lowest BCUT2D eigenvalue weighted by Gasteiger charge is -2.36. The van der Waals surface area contributed by atoms with Crippen LogP contribution in [0.4, 0.5) is 4.79 Å². The Morgan fingerprint density at radius 1 is 1.14 bits per heavy atom. The fourth-order valence-corrected chi connectivity index (χ4v) is 2.81. The third kappa shape index (κ3) is 3.08. The van der Waals surface area contributed by atoms with Gasteiger partial charge in [-0.2, -0.15) is 0 Å². The van der Waals surface area contributed by atoms with Crippen molar-refractivity contribution in [2.45, 2.75) is 18.8 Å². The minimum absolute atomic E-state index is 0.212. The highest BCUT2D eigenvalue weighted by Crippen LogP contribution is 2.32. The maximum Gasteiger partial charge on any atom is 0.410 e. The molecule has 0 spiro atoms. The van der Waals surface area contributed by atoms with Crippen LogP contribution in [-0.2, 0) is 11.3 Å². The van der Waals surface area contributed by atoms with Crippen LogP contribution in [0.15, 0.2) is 54.6 Å². The summed E-state index contributed by atoms with van der Waals surface area (Å²) in [4.78, 5) is 13.7. The average molecular weight is 318 g/mol. The summed E-state index contributed by atoms with van der Waals surface area (Å²) in [5.74, 6) is 0. The summed E-state index contributed by atoms with van der Waals surface area (Å²) in [6.45, 7) is 0.621. The van der Waals surface area contributed by atoms with Crippen molar-refractivity contribution in [1.29, 1.82) is 0 Å². The number of hydrogen-bond donors (Lipinski definition) is 1. The Hall–Kier alpha value is -2.04. The number of aliphatic hydroxyl groups is 1. The quantitative estimate of drug-likeness (QED) is 0.944. The van der Waals surface area contributed by atoms with Gasteiger partial charge in [0.1, 0.15) is 6.10 Å². The Morgan fingerprint density at radius 2 is 1.82 bits per heavy atom. The van der Waals surface area contributed by atoms with Gasteiger partial charge in [-0.05, 0) is 11.6 Å². The number of β-amino-alcohol motifs (C(OH)–C–C–N with tert-alkyl or cyclic N) is 1. The molecule has 2 atom stereocenters. The van der Waals surface area contributed by atoms with E-state index in [4.69, 9.17) is 16.3 Å². The molecule has 0 saturated carbocycles. The van der Waals surface area contributed by atoms with E-state index in [1.165, 1.54) is 4.90 Å². The molecule has 114 valence electrons. The van der Waals surface area contributed by atoms with Crippen molar-refractivity contribution < 1.29 is 14.6 Å². The molecule has 0 aromatic heterocycles. The Kier molecular flexibility index (Phi) is 4.32. The molecule has 0 aliphatic carbocycles. The molecule has 1 saturated heterocycles. The van der Waals surface area contributed by atoms with Crippen LogP contribution < -0.4 is 0 Å². The number of hydrogen-bond acceptors (Lipinski definition) is 3. The van der Waals surface area contributed by atoms with Crippen molar-refractivity contribution in [2.75, 3.05) is 6.54 Å². The minimum atomic E-state index is -0.818. The monoisotopic (exact) mass is 317 g/mol. The van der Waals surface area contributed by atoms with E-state index in [0.717, 1.165) is 5.56 Å². The molecule has 1 aliphatic heterocycles. The molecule has 0 radical (unpaired) electrons. The molecule has 2 unspecified atom stereocenters. The van der Waals surface area contributed by atoms with Crippen molar-refractivity contribution in [2.24, 2.45) is 0 Å². The zero-order valence-electron chi connectivity index (χ0n) is 11.9. The van der Waals surface area contributed by atoms with E-state index >= 15 is 0 Å². The van der Waals surface area contributed by atoms with Crippen molar-refractivity contribution in [1.82, 2.24) is 4.90 Å². The third-order valence-corrected chi connectivity index (χ3v) is 4.02. The molecule has 5 heteroatoms. The van der Waals surface area contributed by atoms with Gasteiger partial charge in [-0.1, -0.05) is 60.1 Å². The maximum atomic E-state index is 12.2. The molecule has 0 bridgehead atoms. The van der Waals surface area contributed by atoms with E-state index in [9.17, 15) is 9.90 Å². The highest BCUT2D eigenvalue weighted by Gasteiger charge is 2.36. The summed E-state index contributed by atoms with van der Waals surface area (Å²) >= 11 is 6.12. The average Bonchev–Trinajstić information content (AvgIpc) is 2.52. The molecule has 2 aromatic rings. The van der Waals surface area contributed by atoms with Crippen molar-refractivity contribution in [3.05, 3.63) is 70.7 Å². The number of benzene rings is 2. The fourth-order valence-electron chi connectivity index (χ4n) is 2.57. The zero-order chi connectivity index (χ0) is 15.5. The van der Waals surface area contributed by atoms with Crippen LogP contribution >= 0.6 is 11.6 Å². The first-order valence-electron chi connectivity index (χ1n) is 7.07. The van der Waals surface area contributed by atoms with E-state index < -0.39 is 18.3 Å². The number of cyclic esters (lactones) is 1. The van der Waals surface area contributed by atoms with E-state index in [1.807, 2.05) is 30.3 Å². The standard InChI is InChI=1S/C17H16ClNO3/c18-14-9-5-4-8-13(14)16-15(20)11-19(17(21)22-16)10-12-6-2-1-3-7-12/h1-9,15-16,20H,10-11H2. The smallest absolute Gasteiger partial charge is 0.410 e. The highest BCUT2D eigenvalue weighted by molar-refractivity contribution is 6.31. The molecule has 2 aromatic carbocycles. The number of amides is 1. The van der Waals surface area contributed by atoms with E-state index in [1.54, 1.807) is 24.3 Å². The largest absolute Gasteiger partial charge is 0.438 e. The molecule has 1 N–H and O–H groups in total. The van der Waals surface area contributed by atoms with Gasteiger partial charge >= 0.3 is 6.09 Å². The van der Waals surface area contributed by atoms with E-state index in [2.05, 4.69) is 0 Å². The van der Waals surface area contributed by atoms with Crippen LogP contribution in [0.25, 0.3) is 0 Å². The van der Waals surface area contributed by atoms with Gasteiger partial charge in [0.05, 0.1) is 6.54 Å². The third-order valence-electron chi connectivity index (χ3n) is 3.67. The molecule has 4 nitrogen and oxygen atoms in total. The normalized spacial score (nSPS) is 21.5. The molecule has 1 fully saturated rings. The first-order chi connectivity index (χ1) is 10.6. The lowest BCUT2D eigenvalue weighted by atomic mass is 10.0. The molecule has 1 aliphatic rings. The van der Waals surface area contributed by atoms with Gasteiger partial charge in [0.2, 0.25) is 0 Å². The summed E-state index contributed by atoms with van der Waals surface area (Å²) in [6, 6.07) is 16.7. The van der Waals surface area contributed by atoms with E-state index in [-0.39, 0.29) is 6.54 Å². The molecular weight excluding hydrogens is 302 g/mol. The fraction of sp³-hybridized carbons (Fsp3) is 0.235. The number of carbonyl (C=O) groups excluding carboxylic acids is 1. The summed E-state index contributed by atoms with van der Waals surface area (Å²) in [7, 11) is 0. The molecular formula is C17H16ClNO3. The van der Waals surface area contributed by atoms with Gasteiger partial charge in [-0.3, -0.25) is 0 Å². The Labute approximate surface area is 133 Å². The SMILES string of the molecule is O=C1OC(c2ccccc2Cl)C(O)CN1Cc1ccccc1. The molecule has 22 heavy (non-hydrogen) atoms. The van der Waals surface area contributed by atoms with Gasteiger partial charge in [0.15, 0.2) is 6.10 Å². The van der Waals surface area contributed by atoms with Crippen LogP contribution in [0.5, 0.6) is 0 Å². The first-order valence-corrected chi connectivity index (χ1v) is 7.45. The number of nitrogens with zero attached hydrogens (tertiary/aromatic N) is 1. The number of rotatable bonds is 3. The number of halogens is 1. The molecule has 3 rings (SSSR count). The second-order valence-corrected chi connectivity index (χ2v) is 5.67. The van der Waals surface area contributed by atoms with Gasteiger partial charge in [0, 0.05) is 17.1 Å². The number of aliphatic hydroxyl groups excluding tert-OH is 1. The van der Waals surface area contributed by atoms with Crippen LogP contribution in [0.3, 0.4) is 0 Å². The van der Waals surface area contributed by atoms with Crippen molar-refractivity contribution in [3.63, 3.8) is 0 Å². The summed E-state index contributed by atoms with van der Waals surface area (Å²) in [5, 5.41) is 10.8.